The first kappa shape index (κ1) is 19.3. The molecule has 7 rings (SSSR count). The summed E-state index contributed by atoms with van der Waals surface area (Å²) in [5, 5.41) is 1.21. The third-order valence-corrected chi connectivity index (χ3v) is 7.43. The minimum atomic E-state index is -0.0312. The smallest absolute Gasteiger partial charge is 0.0963 e. The number of rotatable bonds is 2. The van der Waals surface area contributed by atoms with Crippen molar-refractivity contribution in [1.82, 2.24) is 9.55 Å². The molecule has 2 nitrogen and oxygen atoms in total. The quantitative estimate of drug-likeness (QED) is 0.268. The summed E-state index contributed by atoms with van der Waals surface area (Å²) in [5.41, 5.74) is 12.4. The van der Waals surface area contributed by atoms with E-state index in [0.29, 0.717) is 0 Å². The molecule has 0 radical (unpaired) electrons. The molecule has 0 amide bonds. The average Bonchev–Trinajstić information content (AvgIpc) is 3.33. The first-order valence-electron chi connectivity index (χ1n) is 11.8. The predicted molar refractivity (Wildman–Crippen MR) is 142 cm³/mol. The van der Waals surface area contributed by atoms with Crippen molar-refractivity contribution in [3.63, 3.8) is 0 Å². The van der Waals surface area contributed by atoms with Gasteiger partial charge in [-0.2, -0.15) is 0 Å². The van der Waals surface area contributed by atoms with E-state index in [2.05, 4.69) is 115 Å². The highest BCUT2D eigenvalue weighted by atomic mass is 15.0. The Kier molecular flexibility index (Phi) is 3.93. The molecule has 1 aliphatic rings. The Labute approximate surface area is 199 Å². The van der Waals surface area contributed by atoms with Crippen molar-refractivity contribution < 1.29 is 0 Å². The van der Waals surface area contributed by atoms with E-state index in [4.69, 9.17) is 4.98 Å². The van der Waals surface area contributed by atoms with Crippen LogP contribution in [0.2, 0.25) is 0 Å². The first-order chi connectivity index (χ1) is 16.6. The summed E-state index contributed by atoms with van der Waals surface area (Å²) in [6.07, 6.45) is 1.90. The van der Waals surface area contributed by atoms with E-state index in [1.807, 2.05) is 12.3 Å². The van der Waals surface area contributed by atoms with Gasteiger partial charge in [0, 0.05) is 22.7 Å². The third kappa shape index (κ3) is 2.60. The van der Waals surface area contributed by atoms with Gasteiger partial charge in [-0.3, -0.25) is 4.98 Å². The van der Waals surface area contributed by atoms with Gasteiger partial charge in [0.2, 0.25) is 0 Å². The van der Waals surface area contributed by atoms with E-state index in [9.17, 15) is 0 Å². The Balaban J connectivity index is 1.56. The normalized spacial score (nSPS) is 13.8. The zero-order valence-electron chi connectivity index (χ0n) is 19.3. The minimum Gasteiger partial charge on any atom is -0.308 e. The lowest BCUT2D eigenvalue weighted by atomic mass is 9.82. The van der Waals surface area contributed by atoms with Gasteiger partial charge in [0.1, 0.15) is 0 Å². The van der Waals surface area contributed by atoms with Gasteiger partial charge >= 0.3 is 0 Å². The van der Waals surface area contributed by atoms with Crippen molar-refractivity contribution in [1.29, 1.82) is 0 Å². The Bertz CT molecular complexity index is 1720. The fourth-order valence-corrected chi connectivity index (χ4v) is 5.76. The summed E-state index contributed by atoms with van der Waals surface area (Å²) in [6, 6.07) is 37.2. The van der Waals surface area contributed by atoms with E-state index >= 15 is 0 Å². The van der Waals surface area contributed by atoms with Crippen LogP contribution in [0.5, 0.6) is 0 Å². The topological polar surface area (TPSA) is 17.8 Å². The van der Waals surface area contributed by atoms with Crippen LogP contribution in [0.15, 0.2) is 109 Å². The molecule has 1 aliphatic carbocycles. The van der Waals surface area contributed by atoms with Crippen LogP contribution in [0.3, 0.4) is 0 Å². The molecule has 0 aliphatic heterocycles. The summed E-state index contributed by atoms with van der Waals surface area (Å²) in [6.45, 7) is 4.67. The average molecular weight is 437 g/mol. The maximum atomic E-state index is 4.84. The third-order valence-electron chi connectivity index (χ3n) is 7.43. The number of aromatic nitrogens is 2. The van der Waals surface area contributed by atoms with E-state index in [-0.39, 0.29) is 5.41 Å². The van der Waals surface area contributed by atoms with Crippen LogP contribution in [-0.2, 0) is 5.41 Å². The summed E-state index contributed by atoms with van der Waals surface area (Å²) >= 11 is 0. The molecule has 34 heavy (non-hydrogen) atoms. The molecule has 0 saturated heterocycles. The van der Waals surface area contributed by atoms with E-state index in [0.717, 1.165) is 16.7 Å². The van der Waals surface area contributed by atoms with E-state index in [1.165, 1.54) is 44.3 Å². The van der Waals surface area contributed by atoms with E-state index in [1.54, 1.807) is 0 Å². The standard InChI is InChI=1S/C32H24N2/c1-32(2)27-15-7-6-14-24(27)25-20-30-26(19-28(25)32)31-29(16-9-17-33-31)34(30)23-13-8-12-22(18-23)21-10-4-3-5-11-21/h3-20H,1-2H3. The number of hydrogen-bond acceptors (Lipinski definition) is 1. The molecule has 4 aromatic carbocycles. The van der Waals surface area contributed by atoms with Crippen molar-refractivity contribution in [2.24, 2.45) is 0 Å². The van der Waals surface area contributed by atoms with Crippen LogP contribution in [0.1, 0.15) is 25.0 Å². The minimum absolute atomic E-state index is 0.0312. The second kappa shape index (κ2) is 6.91. The Morgan fingerprint density at radius 3 is 2.29 bits per heavy atom. The molecule has 6 aromatic rings. The highest BCUT2D eigenvalue weighted by Crippen LogP contribution is 2.50. The van der Waals surface area contributed by atoms with Gasteiger partial charge in [-0.05, 0) is 69.8 Å². The number of hydrogen-bond donors (Lipinski definition) is 0. The molecule has 2 heterocycles. The van der Waals surface area contributed by atoms with Crippen molar-refractivity contribution >= 4 is 21.9 Å². The van der Waals surface area contributed by atoms with Gasteiger partial charge in [-0.1, -0.05) is 80.6 Å². The molecule has 0 atom stereocenters. The zero-order valence-corrected chi connectivity index (χ0v) is 19.3. The van der Waals surface area contributed by atoms with Crippen LogP contribution in [-0.4, -0.2) is 9.55 Å². The largest absolute Gasteiger partial charge is 0.308 e. The summed E-state index contributed by atoms with van der Waals surface area (Å²) < 4.78 is 2.37. The Hall–Kier alpha value is -4.17. The SMILES string of the molecule is CC1(C)c2ccccc2-c2cc3c(cc21)c1ncccc1n3-c1cccc(-c2ccccc2)c1. The zero-order chi connectivity index (χ0) is 22.9. The van der Waals surface area contributed by atoms with Gasteiger partial charge in [0.15, 0.2) is 0 Å². The van der Waals surface area contributed by atoms with Crippen molar-refractivity contribution in [3.8, 4) is 27.9 Å². The fraction of sp³-hybridized carbons (Fsp3) is 0.0938. The summed E-state index contributed by atoms with van der Waals surface area (Å²) in [5.74, 6) is 0. The molecule has 0 spiro atoms. The highest BCUT2D eigenvalue weighted by Gasteiger charge is 2.36. The molecular formula is C32H24N2. The maximum Gasteiger partial charge on any atom is 0.0963 e. The second-order valence-corrected chi connectivity index (χ2v) is 9.71. The van der Waals surface area contributed by atoms with Crippen molar-refractivity contribution in [3.05, 3.63) is 120 Å². The predicted octanol–water partition coefficient (Wildman–Crippen LogP) is 8.15. The van der Waals surface area contributed by atoms with Crippen LogP contribution in [0, 0.1) is 0 Å². The highest BCUT2D eigenvalue weighted by molar-refractivity contribution is 6.09. The molecule has 0 fully saturated rings. The van der Waals surface area contributed by atoms with Crippen LogP contribution >= 0.6 is 0 Å². The molecule has 2 aromatic heterocycles. The number of fused-ring (bicyclic) bond motifs is 6. The molecule has 162 valence electrons. The van der Waals surface area contributed by atoms with Crippen molar-refractivity contribution in [2.75, 3.05) is 0 Å². The second-order valence-electron chi connectivity index (χ2n) is 9.71. The lowest BCUT2D eigenvalue weighted by molar-refractivity contribution is 0.661. The van der Waals surface area contributed by atoms with Gasteiger partial charge in [0.05, 0.1) is 16.6 Å². The van der Waals surface area contributed by atoms with E-state index < -0.39 is 0 Å². The number of benzene rings is 4. The molecule has 2 heteroatoms. The summed E-state index contributed by atoms with van der Waals surface area (Å²) in [7, 11) is 0. The van der Waals surface area contributed by atoms with Gasteiger partial charge in [-0.25, -0.2) is 0 Å². The van der Waals surface area contributed by atoms with Gasteiger partial charge in [0.25, 0.3) is 0 Å². The van der Waals surface area contributed by atoms with Gasteiger partial charge < -0.3 is 4.57 Å². The monoisotopic (exact) mass is 436 g/mol. The van der Waals surface area contributed by atoms with Crippen molar-refractivity contribution in [2.45, 2.75) is 19.3 Å². The Morgan fingerprint density at radius 1 is 0.618 bits per heavy atom. The molecule has 0 unspecified atom stereocenters. The molecular weight excluding hydrogens is 412 g/mol. The summed E-state index contributed by atoms with van der Waals surface area (Å²) in [4.78, 5) is 4.84. The lowest BCUT2D eigenvalue weighted by Gasteiger charge is -2.21. The number of pyridine rings is 1. The fourth-order valence-electron chi connectivity index (χ4n) is 5.76. The molecule has 0 saturated carbocycles. The van der Waals surface area contributed by atoms with Crippen LogP contribution < -0.4 is 0 Å². The van der Waals surface area contributed by atoms with Crippen LogP contribution in [0.4, 0.5) is 0 Å². The van der Waals surface area contributed by atoms with Crippen LogP contribution in [0.25, 0.3) is 49.9 Å². The molecule has 0 N–H and O–H groups in total. The van der Waals surface area contributed by atoms with Gasteiger partial charge in [-0.15, -0.1) is 0 Å². The lowest BCUT2D eigenvalue weighted by Crippen LogP contribution is -2.14. The molecule has 0 bridgehead atoms. The first-order valence-corrected chi connectivity index (χ1v) is 11.8. The maximum absolute atomic E-state index is 4.84. The Morgan fingerprint density at radius 2 is 1.41 bits per heavy atom. The number of nitrogens with zero attached hydrogens (tertiary/aromatic N) is 2.